The molecule has 26 heavy (non-hydrogen) atoms. The van der Waals surface area contributed by atoms with Gasteiger partial charge in [0, 0.05) is 26.5 Å². The van der Waals surface area contributed by atoms with Crippen LogP contribution in [0.4, 0.5) is 0 Å². The molecule has 1 aliphatic heterocycles. The molecule has 0 N–H and O–H groups in total. The third-order valence-corrected chi connectivity index (χ3v) is 5.53. The van der Waals surface area contributed by atoms with E-state index in [-0.39, 0.29) is 31.2 Å². The summed E-state index contributed by atoms with van der Waals surface area (Å²) in [5.74, 6) is -1.12. The molecule has 3 amide bonds. The smallest absolute Gasteiger partial charge is 0.268 e. The van der Waals surface area contributed by atoms with Crippen LogP contribution in [0.3, 0.4) is 0 Å². The van der Waals surface area contributed by atoms with E-state index in [0.717, 1.165) is 20.7 Å². The van der Waals surface area contributed by atoms with Crippen molar-refractivity contribution in [1.82, 2.24) is 9.47 Å². The van der Waals surface area contributed by atoms with Gasteiger partial charge in [-0.1, -0.05) is 11.3 Å². The highest BCUT2D eigenvalue weighted by Gasteiger charge is 2.30. The lowest BCUT2D eigenvalue weighted by Gasteiger charge is -2.10. The number of rotatable bonds is 5. The number of aryl methyl sites for hydroxylation is 2. The molecule has 0 unspecified atom stereocenters. The minimum atomic E-state index is -0.500. The quantitative estimate of drug-likeness (QED) is 0.743. The number of nitrogens with zero attached hydrogens (tertiary/aromatic N) is 3. The molecule has 1 aromatic heterocycles. The van der Waals surface area contributed by atoms with Gasteiger partial charge in [-0.25, -0.2) is 0 Å². The van der Waals surface area contributed by atoms with E-state index in [1.54, 1.807) is 7.11 Å². The van der Waals surface area contributed by atoms with Crippen LogP contribution in [0.2, 0.25) is 0 Å². The first-order valence-corrected chi connectivity index (χ1v) is 9.22. The van der Waals surface area contributed by atoms with Crippen LogP contribution >= 0.6 is 11.3 Å². The number of ether oxygens (including phenoxy) is 1. The molecule has 0 atom stereocenters. The summed E-state index contributed by atoms with van der Waals surface area (Å²) in [5, 5.41) is 0. The summed E-state index contributed by atoms with van der Waals surface area (Å²) >= 11 is 1.42. The fourth-order valence-electron chi connectivity index (χ4n) is 2.88. The Kier molecular flexibility index (Phi) is 5.33. The second-order valence-corrected chi connectivity index (χ2v) is 7.32. The van der Waals surface area contributed by atoms with Gasteiger partial charge >= 0.3 is 0 Å². The van der Waals surface area contributed by atoms with E-state index in [2.05, 4.69) is 17.1 Å². The van der Waals surface area contributed by atoms with E-state index in [1.165, 1.54) is 16.9 Å². The topological polar surface area (TPSA) is 81.0 Å². The standard InChI is InChI=1S/C18H21N3O4S/c1-11-8-13-14(9-12(11)2)26-18(20(13)6-7-25-3)19-15(22)10-21-16(23)4-5-17(21)24/h8-9H,4-7,10H2,1-3H3. The number of methoxy groups -OCH3 is 1. The first-order chi connectivity index (χ1) is 12.4. The van der Waals surface area contributed by atoms with Crippen LogP contribution in [-0.4, -0.2) is 47.4 Å². The van der Waals surface area contributed by atoms with Gasteiger partial charge in [-0.05, 0) is 37.1 Å². The van der Waals surface area contributed by atoms with E-state index >= 15 is 0 Å². The monoisotopic (exact) mass is 375 g/mol. The molecule has 0 spiro atoms. The molecule has 2 aromatic rings. The number of fused-ring (bicyclic) bond motifs is 1. The third-order valence-electron chi connectivity index (χ3n) is 4.49. The van der Waals surface area contributed by atoms with Crippen LogP contribution in [0, 0.1) is 13.8 Å². The molecule has 1 aliphatic rings. The van der Waals surface area contributed by atoms with Gasteiger partial charge in [0.2, 0.25) is 11.8 Å². The number of imide groups is 1. The van der Waals surface area contributed by atoms with Gasteiger partial charge in [-0.2, -0.15) is 4.99 Å². The Bertz CT molecular complexity index is 941. The van der Waals surface area contributed by atoms with Crippen molar-refractivity contribution < 1.29 is 19.1 Å². The third kappa shape index (κ3) is 3.61. The zero-order valence-electron chi connectivity index (χ0n) is 15.1. The largest absolute Gasteiger partial charge is 0.383 e. The molecular weight excluding hydrogens is 354 g/mol. The molecule has 3 rings (SSSR count). The van der Waals surface area contributed by atoms with Crippen molar-refractivity contribution in [3.05, 3.63) is 28.1 Å². The number of hydrogen-bond acceptors (Lipinski definition) is 5. The average molecular weight is 375 g/mol. The number of amides is 3. The minimum absolute atomic E-state index is 0.168. The highest BCUT2D eigenvalue weighted by Crippen LogP contribution is 2.22. The lowest BCUT2D eigenvalue weighted by molar-refractivity contribution is -0.141. The molecule has 1 aromatic carbocycles. The molecule has 8 heteroatoms. The lowest BCUT2D eigenvalue weighted by atomic mass is 10.1. The van der Waals surface area contributed by atoms with E-state index in [4.69, 9.17) is 4.74 Å². The van der Waals surface area contributed by atoms with Gasteiger partial charge in [-0.15, -0.1) is 0 Å². The summed E-state index contributed by atoms with van der Waals surface area (Å²) < 4.78 is 8.15. The van der Waals surface area contributed by atoms with Crippen LogP contribution in [0.15, 0.2) is 17.1 Å². The van der Waals surface area contributed by atoms with E-state index in [0.29, 0.717) is 18.0 Å². The maximum Gasteiger partial charge on any atom is 0.268 e. The van der Waals surface area contributed by atoms with Gasteiger partial charge in [0.05, 0.1) is 16.8 Å². The molecule has 1 saturated heterocycles. The van der Waals surface area contributed by atoms with Crippen LogP contribution in [0.1, 0.15) is 24.0 Å². The van der Waals surface area contributed by atoms with Crippen molar-refractivity contribution in [2.45, 2.75) is 33.2 Å². The molecule has 0 bridgehead atoms. The molecule has 138 valence electrons. The highest BCUT2D eigenvalue weighted by atomic mass is 32.1. The van der Waals surface area contributed by atoms with E-state index < -0.39 is 5.91 Å². The zero-order chi connectivity index (χ0) is 18.8. The summed E-state index contributed by atoms with van der Waals surface area (Å²) in [6.45, 7) is 4.84. The Morgan fingerprint density at radius 1 is 1.19 bits per heavy atom. The maximum atomic E-state index is 12.3. The number of hydrogen-bond donors (Lipinski definition) is 0. The van der Waals surface area contributed by atoms with Crippen molar-refractivity contribution in [2.75, 3.05) is 20.3 Å². The van der Waals surface area contributed by atoms with Crippen molar-refractivity contribution in [1.29, 1.82) is 0 Å². The second-order valence-electron chi connectivity index (χ2n) is 6.31. The Balaban J connectivity index is 1.99. The molecule has 2 heterocycles. The van der Waals surface area contributed by atoms with Crippen LogP contribution in [-0.2, 0) is 25.7 Å². The van der Waals surface area contributed by atoms with Crippen molar-refractivity contribution in [3.8, 4) is 0 Å². The van der Waals surface area contributed by atoms with Crippen LogP contribution in [0.5, 0.6) is 0 Å². The zero-order valence-corrected chi connectivity index (χ0v) is 15.9. The van der Waals surface area contributed by atoms with Crippen molar-refractivity contribution in [2.24, 2.45) is 4.99 Å². The number of likely N-dealkylation sites (tertiary alicyclic amines) is 1. The van der Waals surface area contributed by atoms with Crippen LogP contribution < -0.4 is 4.80 Å². The lowest BCUT2D eigenvalue weighted by Crippen LogP contribution is -2.34. The van der Waals surface area contributed by atoms with Crippen molar-refractivity contribution >= 4 is 39.3 Å². The Labute approximate surface area is 154 Å². The number of benzene rings is 1. The molecule has 0 radical (unpaired) electrons. The predicted molar refractivity (Wildman–Crippen MR) is 97.7 cm³/mol. The SMILES string of the molecule is COCCn1c(=NC(=O)CN2C(=O)CCC2=O)sc2cc(C)c(C)cc21. The van der Waals surface area contributed by atoms with Gasteiger partial charge in [0.25, 0.3) is 5.91 Å². The van der Waals surface area contributed by atoms with Gasteiger partial charge in [0.15, 0.2) is 4.80 Å². The number of thiazole rings is 1. The Morgan fingerprint density at radius 3 is 2.50 bits per heavy atom. The molecule has 0 saturated carbocycles. The molecular formula is C18H21N3O4S. The fourth-order valence-corrected chi connectivity index (χ4v) is 4.04. The molecule has 0 aliphatic carbocycles. The summed E-state index contributed by atoms with van der Waals surface area (Å²) in [5.41, 5.74) is 3.33. The number of carbonyl (C=O) groups excluding carboxylic acids is 3. The minimum Gasteiger partial charge on any atom is -0.383 e. The van der Waals surface area contributed by atoms with E-state index in [1.807, 2.05) is 18.4 Å². The number of aromatic nitrogens is 1. The molecule has 1 fully saturated rings. The summed E-state index contributed by atoms with van der Waals surface area (Å²) in [4.78, 5) is 41.4. The van der Waals surface area contributed by atoms with Gasteiger partial charge in [-0.3, -0.25) is 19.3 Å². The van der Waals surface area contributed by atoms with Crippen molar-refractivity contribution in [3.63, 3.8) is 0 Å². The highest BCUT2D eigenvalue weighted by molar-refractivity contribution is 7.16. The first-order valence-electron chi connectivity index (χ1n) is 8.41. The maximum absolute atomic E-state index is 12.3. The summed E-state index contributed by atoms with van der Waals surface area (Å²) in [7, 11) is 1.62. The average Bonchev–Trinajstić information content (AvgIpc) is 3.07. The fraction of sp³-hybridized carbons (Fsp3) is 0.444. The van der Waals surface area contributed by atoms with Gasteiger partial charge < -0.3 is 9.30 Å². The Hall–Kier alpha value is -2.32. The first kappa shape index (κ1) is 18.5. The normalized spacial score (nSPS) is 15.5. The Morgan fingerprint density at radius 2 is 1.85 bits per heavy atom. The predicted octanol–water partition coefficient (Wildman–Crippen LogP) is 1.54. The van der Waals surface area contributed by atoms with Crippen LogP contribution in [0.25, 0.3) is 10.2 Å². The molecule has 7 nitrogen and oxygen atoms in total. The summed E-state index contributed by atoms with van der Waals surface area (Å²) in [6.07, 6.45) is 0.336. The second kappa shape index (κ2) is 7.51. The number of carbonyl (C=O) groups is 3. The summed E-state index contributed by atoms with van der Waals surface area (Å²) in [6, 6.07) is 4.16. The van der Waals surface area contributed by atoms with Gasteiger partial charge in [0.1, 0.15) is 6.54 Å². The van der Waals surface area contributed by atoms with E-state index in [9.17, 15) is 14.4 Å².